The lowest BCUT2D eigenvalue weighted by atomic mass is 10.1. The molecule has 0 unspecified atom stereocenters. The molecular weight excluding hydrogens is 330 g/mol. The Morgan fingerprint density at radius 3 is 2.64 bits per heavy atom. The first kappa shape index (κ1) is 16.3. The highest BCUT2D eigenvalue weighted by Gasteiger charge is 2.17. The topological polar surface area (TPSA) is 122 Å². The summed E-state index contributed by atoms with van der Waals surface area (Å²) in [4.78, 5) is 50.9. The molecule has 2 aromatic heterocycles. The molecule has 0 amide bonds. The molecule has 0 N–H and O–H groups in total. The van der Waals surface area contributed by atoms with E-state index in [4.69, 9.17) is 0 Å². The summed E-state index contributed by atoms with van der Waals surface area (Å²) in [5.74, 6) is -0.418. The van der Waals surface area contributed by atoms with Gasteiger partial charge in [-0.25, -0.2) is 9.78 Å². The second-order valence-corrected chi connectivity index (χ2v) is 5.48. The maximum Gasteiger partial charge on any atom is 0.332 e. The Hall–Kier alpha value is -3.56. The van der Waals surface area contributed by atoms with Crippen molar-refractivity contribution < 1.29 is 9.72 Å². The van der Waals surface area contributed by atoms with Crippen molar-refractivity contribution in [3.8, 4) is 0 Å². The van der Waals surface area contributed by atoms with Gasteiger partial charge in [0, 0.05) is 31.8 Å². The minimum Gasteiger partial charge on any atom is -0.317 e. The number of non-ortho nitro benzene ring substituents is 1. The molecule has 0 aliphatic carbocycles. The molecule has 128 valence electrons. The van der Waals surface area contributed by atoms with E-state index in [1.807, 2.05) is 0 Å². The number of benzene rings is 1. The van der Waals surface area contributed by atoms with E-state index in [1.165, 1.54) is 53.8 Å². The standard InChI is InChI=1S/C15H13N5O5/c1-17-13-12(14(22)18(2)15(17)23)19(8-16-13)7-11(21)9-4-3-5-10(6-9)20(24)25/h3-6,8H,7H2,1-2H3. The van der Waals surface area contributed by atoms with Gasteiger partial charge in [0.05, 0.1) is 17.8 Å². The normalized spacial score (nSPS) is 11.0. The number of hydrogen-bond donors (Lipinski definition) is 0. The number of aryl methyl sites for hydroxylation is 1. The van der Waals surface area contributed by atoms with Crippen molar-refractivity contribution in [3.63, 3.8) is 0 Å². The van der Waals surface area contributed by atoms with Crippen LogP contribution in [0.5, 0.6) is 0 Å². The van der Waals surface area contributed by atoms with Gasteiger partial charge in [-0.2, -0.15) is 0 Å². The number of hydrogen-bond acceptors (Lipinski definition) is 6. The van der Waals surface area contributed by atoms with Gasteiger partial charge < -0.3 is 4.57 Å². The van der Waals surface area contributed by atoms with Gasteiger partial charge in [0.1, 0.15) is 0 Å². The summed E-state index contributed by atoms with van der Waals surface area (Å²) in [7, 11) is 2.81. The second kappa shape index (κ2) is 5.82. The number of nitro groups is 1. The zero-order chi connectivity index (χ0) is 18.3. The number of carbonyl (C=O) groups excluding carboxylic acids is 1. The monoisotopic (exact) mass is 343 g/mol. The van der Waals surface area contributed by atoms with Gasteiger partial charge in [0.15, 0.2) is 16.9 Å². The van der Waals surface area contributed by atoms with Crippen LogP contribution in [-0.4, -0.2) is 29.4 Å². The minimum absolute atomic E-state index is 0.114. The number of fused-ring (bicyclic) bond motifs is 1. The van der Waals surface area contributed by atoms with Crippen molar-refractivity contribution >= 4 is 22.6 Å². The van der Waals surface area contributed by atoms with Gasteiger partial charge in [-0.05, 0) is 0 Å². The van der Waals surface area contributed by atoms with E-state index in [9.17, 15) is 24.5 Å². The van der Waals surface area contributed by atoms with Gasteiger partial charge in [-0.3, -0.25) is 28.8 Å². The van der Waals surface area contributed by atoms with Crippen LogP contribution >= 0.6 is 0 Å². The lowest BCUT2D eigenvalue weighted by Gasteiger charge is -2.06. The predicted octanol–water partition coefficient (Wildman–Crippen LogP) is 0.225. The van der Waals surface area contributed by atoms with Crippen LogP contribution in [0.3, 0.4) is 0 Å². The fourth-order valence-corrected chi connectivity index (χ4v) is 2.56. The summed E-state index contributed by atoms with van der Waals surface area (Å²) < 4.78 is 3.47. The molecule has 10 nitrogen and oxygen atoms in total. The van der Waals surface area contributed by atoms with Crippen molar-refractivity contribution in [1.29, 1.82) is 0 Å². The Morgan fingerprint density at radius 1 is 1.24 bits per heavy atom. The van der Waals surface area contributed by atoms with Crippen LogP contribution < -0.4 is 11.2 Å². The van der Waals surface area contributed by atoms with Gasteiger partial charge in [-0.1, -0.05) is 12.1 Å². The fraction of sp³-hybridized carbons (Fsp3) is 0.200. The van der Waals surface area contributed by atoms with E-state index in [-0.39, 0.29) is 29.0 Å². The summed E-state index contributed by atoms with van der Waals surface area (Å²) in [5.41, 5.74) is -0.851. The third-order valence-corrected chi connectivity index (χ3v) is 3.91. The molecule has 1 aromatic carbocycles. The first-order chi connectivity index (χ1) is 11.8. The van der Waals surface area contributed by atoms with E-state index in [0.29, 0.717) is 0 Å². The van der Waals surface area contributed by atoms with E-state index in [1.54, 1.807) is 0 Å². The molecule has 2 heterocycles. The molecule has 3 aromatic rings. The van der Waals surface area contributed by atoms with Crippen molar-refractivity contribution in [2.75, 3.05) is 0 Å². The Balaban J connectivity index is 2.06. The van der Waals surface area contributed by atoms with Crippen LogP contribution in [0.2, 0.25) is 0 Å². The smallest absolute Gasteiger partial charge is 0.317 e. The molecule has 0 aliphatic rings. The predicted molar refractivity (Wildman–Crippen MR) is 87.6 cm³/mol. The van der Waals surface area contributed by atoms with Gasteiger partial charge in [-0.15, -0.1) is 0 Å². The van der Waals surface area contributed by atoms with Crippen LogP contribution in [0.15, 0.2) is 40.2 Å². The van der Waals surface area contributed by atoms with Crippen molar-refractivity contribution in [2.45, 2.75) is 6.54 Å². The molecule has 0 aliphatic heterocycles. The van der Waals surface area contributed by atoms with Crippen molar-refractivity contribution in [2.24, 2.45) is 14.1 Å². The number of ketones is 1. The van der Waals surface area contributed by atoms with Crippen molar-refractivity contribution in [1.82, 2.24) is 18.7 Å². The summed E-state index contributed by atoms with van der Waals surface area (Å²) in [6, 6.07) is 5.34. The van der Waals surface area contributed by atoms with Crippen LogP contribution in [0.1, 0.15) is 10.4 Å². The van der Waals surface area contributed by atoms with E-state index < -0.39 is 22.0 Å². The minimum atomic E-state index is -0.588. The zero-order valence-corrected chi connectivity index (χ0v) is 13.4. The lowest BCUT2D eigenvalue weighted by Crippen LogP contribution is -2.37. The third kappa shape index (κ3) is 2.63. The number of Topliss-reactive ketones (excluding diaryl/α,β-unsaturated/α-hetero) is 1. The summed E-state index contributed by atoms with van der Waals surface area (Å²) >= 11 is 0. The van der Waals surface area contributed by atoms with Gasteiger partial charge >= 0.3 is 5.69 Å². The average Bonchev–Trinajstić information content (AvgIpc) is 3.01. The molecule has 3 rings (SSSR count). The molecule has 0 spiro atoms. The number of rotatable bonds is 4. The molecule has 0 bridgehead atoms. The lowest BCUT2D eigenvalue weighted by molar-refractivity contribution is -0.384. The SMILES string of the molecule is Cn1c(=O)c2c(ncn2CC(=O)c2cccc([N+](=O)[O-])c2)n(C)c1=O. The Bertz CT molecular complexity index is 1140. The highest BCUT2D eigenvalue weighted by atomic mass is 16.6. The van der Waals surface area contributed by atoms with Crippen LogP contribution in [-0.2, 0) is 20.6 Å². The molecule has 0 saturated carbocycles. The van der Waals surface area contributed by atoms with Crippen LogP contribution in [0, 0.1) is 10.1 Å². The van der Waals surface area contributed by atoms with Gasteiger partial charge in [0.2, 0.25) is 0 Å². The number of nitro benzene ring substituents is 1. The maximum absolute atomic E-state index is 12.4. The third-order valence-electron chi connectivity index (χ3n) is 3.91. The first-order valence-electron chi connectivity index (χ1n) is 7.19. The average molecular weight is 343 g/mol. The molecule has 10 heteroatoms. The Labute approximate surface area is 139 Å². The highest BCUT2D eigenvalue weighted by Crippen LogP contribution is 2.15. The second-order valence-electron chi connectivity index (χ2n) is 5.48. The Kier molecular flexibility index (Phi) is 3.79. The van der Waals surface area contributed by atoms with Gasteiger partial charge in [0.25, 0.3) is 11.2 Å². The number of nitrogens with zero attached hydrogens (tertiary/aromatic N) is 5. The number of carbonyl (C=O) groups is 1. The quantitative estimate of drug-likeness (QED) is 0.379. The molecule has 0 saturated heterocycles. The molecule has 0 radical (unpaired) electrons. The molecule has 25 heavy (non-hydrogen) atoms. The summed E-state index contributed by atoms with van der Waals surface area (Å²) in [6.45, 7) is -0.231. The highest BCUT2D eigenvalue weighted by molar-refractivity contribution is 5.97. The van der Waals surface area contributed by atoms with E-state index >= 15 is 0 Å². The number of imidazole rings is 1. The van der Waals surface area contributed by atoms with Crippen LogP contribution in [0.25, 0.3) is 11.2 Å². The summed E-state index contributed by atoms with van der Waals surface area (Å²) in [6.07, 6.45) is 1.29. The summed E-state index contributed by atoms with van der Waals surface area (Å²) in [5, 5.41) is 10.8. The van der Waals surface area contributed by atoms with E-state index in [0.717, 1.165) is 4.57 Å². The Morgan fingerprint density at radius 2 is 1.96 bits per heavy atom. The maximum atomic E-state index is 12.4. The largest absolute Gasteiger partial charge is 0.332 e. The first-order valence-corrected chi connectivity index (χ1v) is 7.19. The van der Waals surface area contributed by atoms with E-state index in [2.05, 4.69) is 4.98 Å². The van der Waals surface area contributed by atoms with Crippen LogP contribution in [0.4, 0.5) is 5.69 Å². The zero-order valence-electron chi connectivity index (χ0n) is 13.4. The molecule has 0 atom stereocenters. The fourth-order valence-electron chi connectivity index (χ4n) is 2.56. The molecular formula is C15H13N5O5. The van der Waals surface area contributed by atoms with Crippen molar-refractivity contribution in [3.05, 3.63) is 67.1 Å². The number of aromatic nitrogens is 4. The molecule has 0 fully saturated rings.